The van der Waals surface area contributed by atoms with Crippen LogP contribution >= 0.6 is 0 Å². The molecule has 0 aromatic carbocycles. The summed E-state index contributed by atoms with van der Waals surface area (Å²) in [7, 11) is 0. The molecule has 1 atom stereocenters. The molecule has 12 heavy (non-hydrogen) atoms. The largest absolute Gasteiger partial charge is 0.380 e. The van der Waals surface area contributed by atoms with Crippen molar-refractivity contribution >= 4 is 0 Å². The highest BCUT2D eigenvalue weighted by Gasteiger charge is 2.14. The Morgan fingerprint density at radius 3 is 2.08 bits per heavy atom. The van der Waals surface area contributed by atoms with E-state index in [2.05, 4.69) is 32.6 Å². The van der Waals surface area contributed by atoms with Crippen LogP contribution in [0.3, 0.4) is 0 Å². The van der Waals surface area contributed by atoms with E-state index in [9.17, 15) is 0 Å². The van der Waals surface area contributed by atoms with Gasteiger partial charge in [0.05, 0.1) is 6.61 Å². The fraction of sp³-hybridized carbons (Fsp3) is 1.00. The molecule has 0 radical (unpaired) electrons. The zero-order valence-electron chi connectivity index (χ0n) is 9.13. The molecule has 0 aliphatic rings. The number of hydrogen-bond donors (Lipinski definition) is 0. The van der Waals surface area contributed by atoms with Crippen molar-refractivity contribution in [1.29, 1.82) is 0 Å². The van der Waals surface area contributed by atoms with Gasteiger partial charge in [-0.25, -0.2) is 0 Å². The van der Waals surface area contributed by atoms with Crippen LogP contribution in [0.1, 0.15) is 34.6 Å². The van der Waals surface area contributed by atoms with E-state index in [1.165, 1.54) is 0 Å². The third-order valence-electron chi connectivity index (χ3n) is 2.16. The Morgan fingerprint density at radius 2 is 1.75 bits per heavy atom. The Morgan fingerprint density at radius 1 is 1.17 bits per heavy atom. The summed E-state index contributed by atoms with van der Waals surface area (Å²) in [5.74, 6) is 0. The van der Waals surface area contributed by atoms with Gasteiger partial charge in [0.1, 0.15) is 0 Å². The summed E-state index contributed by atoms with van der Waals surface area (Å²) < 4.78 is 5.39. The van der Waals surface area contributed by atoms with Crippen LogP contribution in [0.2, 0.25) is 0 Å². The lowest BCUT2D eigenvalue weighted by Gasteiger charge is -2.31. The summed E-state index contributed by atoms with van der Waals surface area (Å²) in [6.45, 7) is 13.7. The quantitative estimate of drug-likeness (QED) is 0.610. The van der Waals surface area contributed by atoms with E-state index in [1.54, 1.807) is 0 Å². The lowest BCUT2D eigenvalue weighted by atomic mass is 10.2. The van der Waals surface area contributed by atoms with E-state index in [1.807, 2.05) is 6.92 Å². The first-order valence-corrected chi connectivity index (χ1v) is 4.96. The maximum absolute atomic E-state index is 5.39. The molecule has 0 spiro atoms. The van der Waals surface area contributed by atoms with Crippen molar-refractivity contribution in [3.8, 4) is 0 Å². The molecule has 0 heterocycles. The van der Waals surface area contributed by atoms with Crippen LogP contribution < -0.4 is 0 Å². The maximum Gasteiger partial charge on any atom is 0.0619 e. The SMILES string of the molecule is CCOC[C@@H](C)N(CC)C(C)C. The molecule has 0 amide bonds. The molecule has 74 valence electrons. The zero-order valence-corrected chi connectivity index (χ0v) is 9.13. The Balaban J connectivity index is 3.77. The van der Waals surface area contributed by atoms with Gasteiger partial charge in [0.2, 0.25) is 0 Å². The topological polar surface area (TPSA) is 12.5 Å². The van der Waals surface area contributed by atoms with Gasteiger partial charge in [0, 0.05) is 18.7 Å². The molecule has 0 aromatic heterocycles. The van der Waals surface area contributed by atoms with Crippen LogP contribution in [0.4, 0.5) is 0 Å². The Hall–Kier alpha value is -0.0800. The van der Waals surface area contributed by atoms with Crippen molar-refractivity contribution in [2.75, 3.05) is 19.8 Å². The molecule has 0 N–H and O–H groups in total. The molecule has 0 aliphatic carbocycles. The van der Waals surface area contributed by atoms with Gasteiger partial charge in [0.15, 0.2) is 0 Å². The molecule has 0 bridgehead atoms. The summed E-state index contributed by atoms with van der Waals surface area (Å²) in [5.41, 5.74) is 0. The predicted octanol–water partition coefficient (Wildman–Crippen LogP) is 2.14. The third-order valence-corrected chi connectivity index (χ3v) is 2.16. The molecule has 0 rings (SSSR count). The highest BCUT2D eigenvalue weighted by Crippen LogP contribution is 2.04. The highest BCUT2D eigenvalue weighted by molar-refractivity contribution is 4.68. The number of nitrogens with zero attached hydrogens (tertiary/aromatic N) is 1. The lowest BCUT2D eigenvalue weighted by Crippen LogP contribution is -2.41. The number of ether oxygens (including phenoxy) is 1. The Kier molecular flexibility index (Phi) is 6.39. The van der Waals surface area contributed by atoms with E-state index in [0.29, 0.717) is 12.1 Å². The van der Waals surface area contributed by atoms with Crippen molar-refractivity contribution in [1.82, 2.24) is 4.90 Å². The molecule has 0 fully saturated rings. The molecule has 0 saturated carbocycles. The van der Waals surface area contributed by atoms with Crippen LogP contribution in [-0.4, -0.2) is 36.7 Å². The van der Waals surface area contributed by atoms with Crippen molar-refractivity contribution in [2.45, 2.75) is 46.7 Å². The Bertz CT molecular complexity index is 104. The highest BCUT2D eigenvalue weighted by atomic mass is 16.5. The fourth-order valence-corrected chi connectivity index (χ4v) is 1.57. The standard InChI is InChI=1S/C10H23NO/c1-6-11(9(3)4)10(5)8-12-7-2/h9-10H,6-8H2,1-5H3/t10-/m1/s1. The van der Waals surface area contributed by atoms with Gasteiger partial charge in [-0.1, -0.05) is 6.92 Å². The van der Waals surface area contributed by atoms with Crippen LogP contribution in [-0.2, 0) is 4.74 Å². The van der Waals surface area contributed by atoms with Gasteiger partial charge in [-0.3, -0.25) is 4.90 Å². The summed E-state index contributed by atoms with van der Waals surface area (Å²) in [6, 6.07) is 1.15. The van der Waals surface area contributed by atoms with Crippen LogP contribution in [0.15, 0.2) is 0 Å². The molecule has 0 aliphatic heterocycles. The fourth-order valence-electron chi connectivity index (χ4n) is 1.57. The first-order chi connectivity index (χ1) is 5.63. The Labute approximate surface area is 76.9 Å². The van der Waals surface area contributed by atoms with E-state index in [4.69, 9.17) is 4.74 Å². The van der Waals surface area contributed by atoms with Crippen molar-refractivity contribution in [3.63, 3.8) is 0 Å². The minimum Gasteiger partial charge on any atom is -0.380 e. The normalized spacial score (nSPS) is 14.2. The van der Waals surface area contributed by atoms with Gasteiger partial charge >= 0.3 is 0 Å². The second-order valence-electron chi connectivity index (χ2n) is 3.43. The monoisotopic (exact) mass is 173 g/mol. The molecular formula is C10H23NO. The first kappa shape index (κ1) is 11.9. The van der Waals surface area contributed by atoms with E-state index < -0.39 is 0 Å². The van der Waals surface area contributed by atoms with Crippen molar-refractivity contribution < 1.29 is 4.74 Å². The second-order valence-corrected chi connectivity index (χ2v) is 3.43. The van der Waals surface area contributed by atoms with Crippen LogP contribution in [0, 0.1) is 0 Å². The summed E-state index contributed by atoms with van der Waals surface area (Å²) in [6.07, 6.45) is 0. The minimum atomic E-state index is 0.537. The summed E-state index contributed by atoms with van der Waals surface area (Å²) in [4.78, 5) is 2.44. The molecule has 2 nitrogen and oxygen atoms in total. The first-order valence-electron chi connectivity index (χ1n) is 4.96. The van der Waals surface area contributed by atoms with Gasteiger partial charge in [0.25, 0.3) is 0 Å². The second kappa shape index (κ2) is 6.44. The average molecular weight is 173 g/mol. The van der Waals surface area contributed by atoms with Crippen molar-refractivity contribution in [3.05, 3.63) is 0 Å². The smallest absolute Gasteiger partial charge is 0.0619 e. The molecule has 0 unspecified atom stereocenters. The zero-order chi connectivity index (χ0) is 9.56. The number of likely N-dealkylation sites (N-methyl/N-ethyl adjacent to an activating group) is 1. The van der Waals surface area contributed by atoms with Crippen molar-refractivity contribution in [2.24, 2.45) is 0 Å². The van der Waals surface area contributed by atoms with Gasteiger partial charge in [-0.15, -0.1) is 0 Å². The number of hydrogen-bond acceptors (Lipinski definition) is 2. The number of rotatable bonds is 6. The lowest BCUT2D eigenvalue weighted by molar-refractivity contribution is 0.0613. The van der Waals surface area contributed by atoms with Gasteiger partial charge in [-0.2, -0.15) is 0 Å². The van der Waals surface area contributed by atoms with Crippen LogP contribution in [0.25, 0.3) is 0 Å². The van der Waals surface area contributed by atoms with E-state index >= 15 is 0 Å². The summed E-state index contributed by atoms with van der Waals surface area (Å²) in [5, 5.41) is 0. The molecule has 2 heteroatoms. The third kappa shape index (κ3) is 4.07. The van der Waals surface area contributed by atoms with Gasteiger partial charge < -0.3 is 4.74 Å². The average Bonchev–Trinajstić information content (AvgIpc) is 2.01. The predicted molar refractivity (Wildman–Crippen MR) is 53.5 cm³/mol. The van der Waals surface area contributed by atoms with E-state index in [-0.39, 0.29) is 0 Å². The van der Waals surface area contributed by atoms with Gasteiger partial charge in [-0.05, 0) is 34.2 Å². The molecule has 0 saturated heterocycles. The van der Waals surface area contributed by atoms with E-state index in [0.717, 1.165) is 19.8 Å². The molecule has 0 aromatic rings. The minimum absolute atomic E-state index is 0.537. The maximum atomic E-state index is 5.39. The summed E-state index contributed by atoms with van der Waals surface area (Å²) >= 11 is 0. The van der Waals surface area contributed by atoms with Crippen LogP contribution in [0.5, 0.6) is 0 Å². The molecular weight excluding hydrogens is 150 g/mol.